The molecule has 4 nitrogen and oxygen atoms in total. The number of rotatable bonds is 5. The summed E-state index contributed by atoms with van der Waals surface area (Å²) in [6.07, 6.45) is 3.80. The molecule has 1 aliphatic rings. The van der Waals surface area contributed by atoms with Gasteiger partial charge in [0.2, 0.25) is 0 Å². The summed E-state index contributed by atoms with van der Waals surface area (Å²) >= 11 is 0. The van der Waals surface area contributed by atoms with Crippen LogP contribution in [-0.4, -0.2) is 6.29 Å². The maximum atomic E-state index is 10.7. The maximum Gasteiger partial charge on any atom is 0.174 e. The number of hydrogen-bond donors (Lipinski definition) is 1. The predicted octanol–water partition coefficient (Wildman–Crippen LogP) is 3.95. The highest BCUT2D eigenvalue weighted by Gasteiger charge is 2.16. The standard InChI is InChI=1S/C19H20N2O2/c1-14(2)11-15-3-7-17(8-4-15)19-12-21(20-23-19)18-9-5-16(13-22)6-10-18/h3-10,12-14,20H,11H2,1-2H3. The molecule has 0 fully saturated rings. The molecular formula is C19H20N2O2. The molecule has 0 bridgehead atoms. The molecular weight excluding hydrogens is 288 g/mol. The van der Waals surface area contributed by atoms with E-state index in [0.29, 0.717) is 11.5 Å². The second-order valence-electron chi connectivity index (χ2n) is 6.06. The van der Waals surface area contributed by atoms with Crippen molar-refractivity contribution in [1.29, 1.82) is 0 Å². The average Bonchev–Trinajstić information content (AvgIpc) is 3.05. The van der Waals surface area contributed by atoms with Gasteiger partial charge in [-0.15, -0.1) is 0 Å². The zero-order valence-electron chi connectivity index (χ0n) is 13.3. The summed E-state index contributed by atoms with van der Waals surface area (Å²) in [4.78, 5) is 16.3. The minimum Gasteiger partial charge on any atom is -0.386 e. The number of hydrogen-bond acceptors (Lipinski definition) is 4. The molecule has 0 atom stereocenters. The Balaban J connectivity index is 1.74. The van der Waals surface area contributed by atoms with Crippen LogP contribution in [0.15, 0.2) is 54.7 Å². The molecule has 0 aliphatic carbocycles. The van der Waals surface area contributed by atoms with Crippen molar-refractivity contribution >= 4 is 17.7 Å². The summed E-state index contributed by atoms with van der Waals surface area (Å²) in [5.74, 6) is 1.41. The van der Waals surface area contributed by atoms with Crippen molar-refractivity contribution < 1.29 is 9.63 Å². The number of carbonyl (C=O) groups excluding carboxylic acids is 1. The Morgan fingerprint density at radius 3 is 2.39 bits per heavy atom. The first-order valence-corrected chi connectivity index (χ1v) is 7.74. The molecule has 23 heavy (non-hydrogen) atoms. The highest BCUT2D eigenvalue weighted by atomic mass is 16.7. The van der Waals surface area contributed by atoms with E-state index >= 15 is 0 Å². The number of carbonyl (C=O) groups is 1. The fourth-order valence-corrected chi connectivity index (χ4v) is 2.52. The third-order valence-electron chi connectivity index (χ3n) is 3.69. The lowest BCUT2D eigenvalue weighted by atomic mass is 10.0. The smallest absolute Gasteiger partial charge is 0.174 e. The van der Waals surface area contributed by atoms with Gasteiger partial charge >= 0.3 is 0 Å². The molecule has 2 aromatic carbocycles. The molecule has 0 amide bonds. The van der Waals surface area contributed by atoms with Gasteiger partial charge in [0.05, 0.1) is 11.9 Å². The summed E-state index contributed by atoms with van der Waals surface area (Å²) in [6.45, 7) is 4.43. The van der Waals surface area contributed by atoms with E-state index in [9.17, 15) is 4.79 Å². The lowest BCUT2D eigenvalue weighted by Crippen LogP contribution is -2.26. The molecule has 0 saturated carbocycles. The van der Waals surface area contributed by atoms with Crippen LogP contribution in [0.3, 0.4) is 0 Å². The molecule has 1 heterocycles. The number of nitrogens with zero attached hydrogens (tertiary/aromatic N) is 1. The van der Waals surface area contributed by atoms with Gasteiger partial charge in [-0.1, -0.05) is 43.7 Å². The molecule has 0 unspecified atom stereocenters. The molecule has 118 valence electrons. The van der Waals surface area contributed by atoms with Crippen molar-refractivity contribution in [3.63, 3.8) is 0 Å². The van der Waals surface area contributed by atoms with Gasteiger partial charge in [0.15, 0.2) is 5.76 Å². The largest absolute Gasteiger partial charge is 0.386 e. The lowest BCUT2D eigenvalue weighted by molar-refractivity contribution is 0.112. The van der Waals surface area contributed by atoms with Gasteiger partial charge in [-0.2, -0.15) is 0 Å². The molecule has 0 spiro atoms. The minimum absolute atomic E-state index is 0.647. The van der Waals surface area contributed by atoms with Crippen molar-refractivity contribution in [1.82, 2.24) is 5.59 Å². The quantitative estimate of drug-likeness (QED) is 0.849. The van der Waals surface area contributed by atoms with E-state index in [4.69, 9.17) is 4.84 Å². The van der Waals surface area contributed by atoms with E-state index in [1.165, 1.54) is 5.56 Å². The summed E-state index contributed by atoms with van der Waals surface area (Å²) < 4.78 is 0. The Morgan fingerprint density at radius 2 is 1.78 bits per heavy atom. The van der Waals surface area contributed by atoms with Gasteiger partial charge in [-0.25, -0.2) is 5.01 Å². The van der Waals surface area contributed by atoms with Crippen LogP contribution in [0.1, 0.15) is 35.3 Å². The van der Waals surface area contributed by atoms with E-state index in [-0.39, 0.29) is 0 Å². The third-order valence-corrected chi connectivity index (χ3v) is 3.69. The highest BCUT2D eigenvalue weighted by Crippen LogP contribution is 2.24. The van der Waals surface area contributed by atoms with E-state index in [1.54, 1.807) is 17.1 Å². The van der Waals surface area contributed by atoms with Crippen LogP contribution in [0, 0.1) is 5.92 Å². The van der Waals surface area contributed by atoms with Crippen LogP contribution >= 0.6 is 0 Å². The van der Waals surface area contributed by atoms with Gasteiger partial charge in [0, 0.05) is 11.1 Å². The predicted molar refractivity (Wildman–Crippen MR) is 91.5 cm³/mol. The summed E-state index contributed by atoms with van der Waals surface area (Å²) in [7, 11) is 0. The maximum absolute atomic E-state index is 10.7. The zero-order chi connectivity index (χ0) is 16.2. The van der Waals surface area contributed by atoms with Crippen LogP contribution in [-0.2, 0) is 11.3 Å². The first kappa shape index (κ1) is 15.3. The van der Waals surface area contributed by atoms with Gasteiger partial charge in [0.1, 0.15) is 6.29 Å². The van der Waals surface area contributed by atoms with Crippen LogP contribution in [0.5, 0.6) is 0 Å². The number of nitrogens with one attached hydrogen (secondary N) is 1. The SMILES string of the molecule is CC(C)Cc1ccc(C2=CN(c3ccc(C=O)cc3)NO2)cc1. The zero-order valence-corrected chi connectivity index (χ0v) is 13.3. The molecule has 2 aromatic rings. The van der Waals surface area contributed by atoms with Gasteiger partial charge in [0.25, 0.3) is 0 Å². The Kier molecular flexibility index (Phi) is 4.44. The normalized spacial score (nSPS) is 13.9. The van der Waals surface area contributed by atoms with E-state index < -0.39 is 0 Å². The Hall–Kier alpha value is -2.59. The Bertz CT molecular complexity index is 703. The monoisotopic (exact) mass is 308 g/mol. The number of benzene rings is 2. The summed E-state index contributed by atoms with van der Waals surface area (Å²) in [6, 6.07) is 15.7. The number of anilines is 1. The molecule has 3 rings (SSSR count). The average molecular weight is 308 g/mol. The fraction of sp³-hybridized carbons (Fsp3) is 0.211. The fourth-order valence-electron chi connectivity index (χ4n) is 2.52. The molecule has 0 radical (unpaired) electrons. The van der Waals surface area contributed by atoms with Crippen molar-refractivity contribution in [2.45, 2.75) is 20.3 Å². The first-order chi connectivity index (χ1) is 11.2. The third kappa shape index (κ3) is 3.60. The molecule has 0 saturated heterocycles. The summed E-state index contributed by atoms with van der Waals surface area (Å²) in [5, 5.41) is 1.78. The molecule has 1 aliphatic heterocycles. The first-order valence-electron chi connectivity index (χ1n) is 7.74. The summed E-state index contributed by atoms with van der Waals surface area (Å²) in [5.41, 5.74) is 6.77. The van der Waals surface area contributed by atoms with E-state index in [2.05, 4.69) is 43.7 Å². The van der Waals surface area contributed by atoms with Crippen molar-refractivity contribution in [2.24, 2.45) is 5.92 Å². The van der Waals surface area contributed by atoms with Gasteiger partial charge < -0.3 is 4.84 Å². The topological polar surface area (TPSA) is 41.6 Å². The van der Waals surface area contributed by atoms with Gasteiger partial charge in [-0.05, 0) is 42.2 Å². The Morgan fingerprint density at radius 1 is 1.09 bits per heavy atom. The molecule has 4 heteroatoms. The van der Waals surface area contributed by atoms with Crippen LogP contribution in [0.4, 0.5) is 5.69 Å². The van der Waals surface area contributed by atoms with Crippen molar-refractivity contribution in [3.05, 3.63) is 71.4 Å². The number of aldehydes is 1. The van der Waals surface area contributed by atoms with E-state index in [0.717, 1.165) is 29.7 Å². The van der Waals surface area contributed by atoms with Crippen LogP contribution in [0.2, 0.25) is 0 Å². The minimum atomic E-state index is 0.647. The van der Waals surface area contributed by atoms with Crippen molar-refractivity contribution in [3.8, 4) is 0 Å². The Labute approximate surface area is 136 Å². The molecule has 1 N–H and O–H groups in total. The molecule has 0 aromatic heterocycles. The van der Waals surface area contributed by atoms with Gasteiger partial charge in [-0.3, -0.25) is 4.79 Å². The highest BCUT2D eigenvalue weighted by molar-refractivity contribution is 5.76. The van der Waals surface area contributed by atoms with Crippen LogP contribution in [0.25, 0.3) is 5.76 Å². The lowest BCUT2D eigenvalue weighted by Gasteiger charge is -2.13. The van der Waals surface area contributed by atoms with E-state index in [1.807, 2.05) is 18.3 Å². The second kappa shape index (κ2) is 6.67. The second-order valence-corrected chi connectivity index (χ2v) is 6.06. The number of hydrazine groups is 1. The van der Waals surface area contributed by atoms with Crippen LogP contribution < -0.4 is 10.6 Å². The van der Waals surface area contributed by atoms with Crippen molar-refractivity contribution in [2.75, 3.05) is 5.01 Å².